The zero-order valence-electron chi connectivity index (χ0n) is 22.1. The van der Waals surface area contributed by atoms with Gasteiger partial charge in [-0.3, -0.25) is 19.5 Å². The number of hydrogen-bond acceptors (Lipinski definition) is 9. The Morgan fingerprint density at radius 3 is 2.62 bits per heavy atom. The molecule has 0 spiro atoms. The second-order valence-corrected chi connectivity index (χ2v) is 11.2. The molecule has 0 bridgehead atoms. The number of esters is 1. The van der Waals surface area contributed by atoms with Crippen molar-refractivity contribution in [2.24, 2.45) is 4.99 Å². The number of furan rings is 1. The van der Waals surface area contributed by atoms with Gasteiger partial charge in [0.05, 0.1) is 32.9 Å². The molecule has 40 heavy (non-hydrogen) atoms. The Morgan fingerprint density at radius 1 is 1.20 bits per heavy atom. The van der Waals surface area contributed by atoms with Crippen molar-refractivity contribution in [2.45, 2.75) is 37.8 Å². The van der Waals surface area contributed by atoms with Crippen LogP contribution >= 0.6 is 23.1 Å². The number of thioether (sulfide) groups is 1. The highest BCUT2D eigenvalue weighted by Gasteiger charge is 2.33. The summed E-state index contributed by atoms with van der Waals surface area (Å²) in [6.07, 6.45) is 3.26. The third kappa shape index (κ3) is 5.30. The Bertz CT molecular complexity index is 1830. The van der Waals surface area contributed by atoms with E-state index in [0.29, 0.717) is 37.7 Å². The molecule has 0 unspecified atom stereocenters. The van der Waals surface area contributed by atoms with Gasteiger partial charge in [-0.1, -0.05) is 35.6 Å². The molecule has 4 aromatic rings. The maximum Gasteiger partial charge on any atom is 0.338 e. The van der Waals surface area contributed by atoms with Crippen LogP contribution in [0, 0.1) is 10.1 Å². The fourth-order valence-corrected chi connectivity index (χ4v) is 5.88. The molecule has 11 heteroatoms. The Hall–Kier alpha value is -4.22. The lowest BCUT2D eigenvalue weighted by atomic mass is 9.96. The zero-order valence-corrected chi connectivity index (χ0v) is 23.7. The smallest absolute Gasteiger partial charge is 0.338 e. The first-order valence-electron chi connectivity index (χ1n) is 12.4. The highest BCUT2D eigenvalue weighted by molar-refractivity contribution is 7.98. The molecular weight excluding hydrogens is 550 g/mol. The number of hydrogen-bond donors (Lipinski definition) is 0. The van der Waals surface area contributed by atoms with Crippen LogP contribution in [0.15, 0.2) is 91.0 Å². The lowest BCUT2D eigenvalue weighted by Crippen LogP contribution is -2.40. The Labute approximate surface area is 237 Å². The fourth-order valence-electron chi connectivity index (χ4n) is 4.45. The molecule has 2 aromatic carbocycles. The van der Waals surface area contributed by atoms with Crippen LogP contribution < -0.4 is 14.9 Å². The summed E-state index contributed by atoms with van der Waals surface area (Å²) in [5.74, 6) is 0.323. The molecule has 1 atom stereocenters. The fraction of sp³-hybridized carbons (Fsp3) is 0.207. The minimum Gasteiger partial charge on any atom is -0.459 e. The molecular formula is C29H25N3O6S2. The molecule has 3 heterocycles. The summed E-state index contributed by atoms with van der Waals surface area (Å²) in [4.78, 5) is 43.8. The van der Waals surface area contributed by atoms with E-state index in [4.69, 9.17) is 9.15 Å². The highest BCUT2D eigenvalue weighted by Crippen LogP contribution is 2.32. The van der Waals surface area contributed by atoms with Crippen molar-refractivity contribution in [2.75, 3.05) is 6.26 Å². The summed E-state index contributed by atoms with van der Waals surface area (Å²) in [6, 6.07) is 16.5. The molecule has 1 aliphatic heterocycles. The number of ether oxygens (including phenoxy) is 1. The number of aromatic nitrogens is 1. The predicted molar refractivity (Wildman–Crippen MR) is 154 cm³/mol. The SMILES string of the molecule is CSc1ccc([C@H]2C(C(=O)OC(C)C)=C(C)N=c3s/c(=C\c4ccc(-c5cccc([N+](=O)[O-])c5)o4)c(=O)n32)cc1. The number of allylic oxidation sites excluding steroid dienone is 1. The van der Waals surface area contributed by atoms with Crippen molar-refractivity contribution in [3.63, 3.8) is 0 Å². The minimum absolute atomic E-state index is 0.0449. The average molecular weight is 576 g/mol. The molecule has 0 saturated heterocycles. The van der Waals surface area contributed by atoms with E-state index in [1.165, 1.54) is 28.0 Å². The van der Waals surface area contributed by atoms with Crippen molar-refractivity contribution < 1.29 is 18.9 Å². The Morgan fingerprint density at radius 2 is 1.95 bits per heavy atom. The van der Waals surface area contributed by atoms with E-state index < -0.39 is 16.9 Å². The molecule has 1 aliphatic rings. The number of fused-ring (bicyclic) bond motifs is 1. The number of nitrogens with zero attached hydrogens (tertiary/aromatic N) is 3. The minimum atomic E-state index is -0.711. The van der Waals surface area contributed by atoms with Crippen LogP contribution in [0.2, 0.25) is 0 Å². The van der Waals surface area contributed by atoms with Crippen LogP contribution in [0.1, 0.15) is 38.1 Å². The van der Waals surface area contributed by atoms with Gasteiger partial charge in [-0.15, -0.1) is 11.8 Å². The molecule has 0 saturated carbocycles. The number of benzene rings is 2. The van der Waals surface area contributed by atoms with E-state index in [1.54, 1.807) is 62.9 Å². The molecule has 9 nitrogen and oxygen atoms in total. The quantitative estimate of drug-likeness (QED) is 0.131. The monoisotopic (exact) mass is 575 g/mol. The lowest BCUT2D eigenvalue weighted by Gasteiger charge is -2.25. The highest BCUT2D eigenvalue weighted by atomic mass is 32.2. The summed E-state index contributed by atoms with van der Waals surface area (Å²) in [7, 11) is 0. The summed E-state index contributed by atoms with van der Waals surface area (Å²) < 4.78 is 13.4. The van der Waals surface area contributed by atoms with E-state index in [2.05, 4.69) is 4.99 Å². The first-order chi connectivity index (χ1) is 19.2. The standard InChI is InChI=1S/C29H25N3O6S2/c1-16(2)37-28(34)25-17(3)30-29-31(26(25)18-8-11-22(39-4)12-9-18)27(33)24(40-29)15-21-10-13-23(38-21)19-6-5-7-20(14-19)32(35)36/h5-16,26H,1-4H3/b24-15-/t26-/m0/s1. The number of non-ortho nitro benzene ring substituents is 1. The largest absolute Gasteiger partial charge is 0.459 e. The summed E-state index contributed by atoms with van der Waals surface area (Å²) in [5, 5.41) is 11.2. The van der Waals surface area contributed by atoms with Gasteiger partial charge in [-0.2, -0.15) is 0 Å². The molecule has 204 valence electrons. The Kier molecular flexibility index (Phi) is 7.59. The van der Waals surface area contributed by atoms with Crippen molar-refractivity contribution in [1.29, 1.82) is 0 Å². The first kappa shape index (κ1) is 27.4. The van der Waals surface area contributed by atoms with Gasteiger partial charge in [0.1, 0.15) is 11.5 Å². The first-order valence-corrected chi connectivity index (χ1v) is 14.4. The second-order valence-electron chi connectivity index (χ2n) is 9.32. The number of carbonyl (C=O) groups excluding carboxylic acids is 1. The van der Waals surface area contributed by atoms with Gasteiger partial charge >= 0.3 is 5.97 Å². The summed E-state index contributed by atoms with van der Waals surface area (Å²) >= 11 is 2.79. The van der Waals surface area contributed by atoms with E-state index in [-0.39, 0.29) is 17.4 Å². The van der Waals surface area contributed by atoms with Crippen LogP contribution in [-0.4, -0.2) is 27.8 Å². The summed E-state index contributed by atoms with van der Waals surface area (Å²) in [6.45, 7) is 5.29. The van der Waals surface area contributed by atoms with Gasteiger partial charge in [0, 0.05) is 28.7 Å². The van der Waals surface area contributed by atoms with Crippen molar-refractivity contribution >= 4 is 40.8 Å². The molecule has 0 radical (unpaired) electrons. The Balaban J connectivity index is 1.61. The molecule has 5 rings (SSSR count). The molecule has 0 fully saturated rings. The van der Waals surface area contributed by atoms with Crippen LogP contribution in [0.25, 0.3) is 17.4 Å². The van der Waals surface area contributed by atoms with E-state index >= 15 is 0 Å². The van der Waals surface area contributed by atoms with Gasteiger partial charge in [0.25, 0.3) is 11.2 Å². The zero-order chi connectivity index (χ0) is 28.6. The van der Waals surface area contributed by atoms with Crippen molar-refractivity contribution in [3.8, 4) is 11.3 Å². The topological polar surface area (TPSA) is 117 Å². The molecule has 0 aliphatic carbocycles. The summed E-state index contributed by atoms with van der Waals surface area (Å²) in [5.41, 5.74) is 1.75. The molecule has 0 amide bonds. The van der Waals surface area contributed by atoms with Gasteiger partial charge in [0.2, 0.25) is 0 Å². The normalized spacial score (nSPS) is 15.2. The maximum atomic E-state index is 13.8. The van der Waals surface area contributed by atoms with E-state index in [1.807, 2.05) is 30.5 Å². The van der Waals surface area contributed by atoms with Crippen LogP contribution in [0.3, 0.4) is 0 Å². The van der Waals surface area contributed by atoms with Gasteiger partial charge in [0.15, 0.2) is 4.80 Å². The van der Waals surface area contributed by atoms with E-state index in [0.717, 1.165) is 10.5 Å². The second kappa shape index (κ2) is 11.1. The number of rotatable bonds is 7. The van der Waals surface area contributed by atoms with Crippen molar-refractivity contribution in [1.82, 2.24) is 4.57 Å². The van der Waals surface area contributed by atoms with E-state index in [9.17, 15) is 19.7 Å². The van der Waals surface area contributed by atoms with Gasteiger partial charge in [-0.05, 0) is 56.9 Å². The van der Waals surface area contributed by atoms with Gasteiger partial charge in [-0.25, -0.2) is 9.79 Å². The lowest BCUT2D eigenvalue weighted by molar-refractivity contribution is -0.384. The number of nitro groups is 1. The number of carbonyl (C=O) groups is 1. The molecule has 0 N–H and O–H groups in total. The van der Waals surface area contributed by atoms with Crippen LogP contribution in [0.4, 0.5) is 5.69 Å². The average Bonchev–Trinajstić information content (AvgIpc) is 3.52. The maximum absolute atomic E-state index is 13.8. The van der Waals surface area contributed by atoms with Crippen LogP contribution in [-0.2, 0) is 9.53 Å². The predicted octanol–water partition coefficient (Wildman–Crippen LogP) is 5.08. The van der Waals surface area contributed by atoms with Crippen molar-refractivity contribution in [3.05, 3.63) is 113 Å². The number of thiazole rings is 1. The number of nitro benzene ring substituents is 1. The van der Waals surface area contributed by atoms with Gasteiger partial charge < -0.3 is 9.15 Å². The third-order valence-electron chi connectivity index (χ3n) is 6.26. The third-order valence-corrected chi connectivity index (χ3v) is 7.98. The molecule has 2 aromatic heterocycles. The van der Waals surface area contributed by atoms with Crippen LogP contribution in [0.5, 0.6) is 0 Å².